The van der Waals surface area contributed by atoms with E-state index in [9.17, 15) is 8.42 Å². The summed E-state index contributed by atoms with van der Waals surface area (Å²) in [5.74, 6) is 0.514. The Morgan fingerprint density at radius 1 is 1.30 bits per heavy atom. The molecule has 2 atom stereocenters. The molecule has 0 bridgehead atoms. The minimum Gasteiger partial charge on any atom is -0.398 e. The van der Waals surface area contributed by atoms with Crippen LogP contribution in [-0.4, -0.2) is 27.2 Å². The van der Waals surface area contributed by atoms with Gasteiger partial charge in [0.25, 0.3) is 0 Å². The molecule has 2 aliphatic rings. The first-order valence-electron chi connectivity index (χ1n) is 6.66. The molecular formula is C13H17BrN2O3S. The lowest BCUT2D eigenvalue weighted by molar-refractivity contribution is 0.0848. The van der Waals surface area contributed by atoms with E-state index >= 15 is 0 Å². The maximum Gasteiger partial charge on any atom is 0.240 e. The molecule has 2 unspecified atom stereocenters. The molecular weight excluding hydrogens is 344 g/mol. The summed E-state index contributed by atoms with van der Waals surface area (Å²) in [4.78, 5) is 0.194. The van der Waals surface area contributed by atoms with E-state index in [1.54, 1.807) is 12.1 Å². The van der Waals surface area contributed by atoms with Crippen molar-refractivity contribution < 1.29 is 13.2 Å². The van der Waals surface area contributed by atoms with Crippen LogP contribution in [0.1, 0.15) is 19.3 Å². The van der Waals surface area contributed by atoms with Crippen molar-refractivity contribution in [3.63, 3.8) is 0 Å². The fourth-order valence-electron chi connectivity index (χ4n) is 2.58. The van der Waals surface area contributed by atoms with E-state index in [1.807, 2.05) is 0 Å². The maximum atomic E-state index is 12.4. The molecule has 20 heavy (non-hydrogen) atoms. The summed E-state index contributed by atoms with van der Waals surface area (Å²) in [5, 5.41) is 0. The molecule has 5 nitrogen and oxygen atoms in total. The van der Waals surface area contributed by atoms with Gasteiger partial charge in [0, 0.05) is 16.8 Å². The zero-order valence-electron chi connectivity index (χ0n) is 10.9. The standard InChI is InChI=1S/C13H17BrN2O3S/c14-10-4-3-9(7-11(10)15)20(17,18)16-12-5-6-19-13(12)8-1-2-8/h3-4,7-8,12-13,16H,1-2,5-6,15H2. The number of ether oxygens (including phenoxy) is 1. The van der Waals surface area contributed by atoms with Gasteiger partial charge in [0.2, 0.25) is 10.0 Å². The van der Waals surface area contributed by atoms with Gasteiger partial charge in [-0.2, -0.15) is 0 Å². The van der Waals surface area contributed by atoms with Crippen LogP contribution in [0.15, 0.2) is 27.6 Å². The third kappa shape index (κ3) is 2.86. The van der Waals surface area contributed by atoms with Crippen LogP contribution < -0.4 is 10.5 Å². The van der Waals surface area contributed by atoms with Gasteiger partial charge in [-0.25, -0.2) is 13.1 Å². The first kappa shape index (κ1) is 14.3. The summed E-state index contributed by atoms with van der Waals surface area (Å²) < 4.78 is 33.9. The maximum absolute atomic E-state index is 12.4. The molecule has 1 aliphatic carbocycles. The molecule has 1 aromatic carbocycles. The molecule has 1 heterocycles. The SMILES string of the molecule is Nc1cc(S(=O)(=O)NC2CCOC2C2CC2)ccc1Br. The second-order valence-corrected chi connectivity index (χ2v) is 7.94. The monoisotopic (exact) mass is 360 g/mol. The van der Waals surface area contributed by atoms with E-state index in [-0.39, 0.29) is 17.0 Å². The highest BCUT2D eigenvalue weighted by Gasteiger charge is 2.42. The Morgan fingerprint density at radius 3 is 2.70 bits per heavy atom. The molecule has 1 aliphatic heterocycles. The minimum atomic E-state index is -3.55. The average Bonchev–Trinajstić information content (AvgIpc) is 3.14. The van der Waals surface area contributed by atoms with E-state index in [0.717, 1.165) is 19.3 Å². The molecule has 0 amide bonds. The van der Waals surface area contributed by atoms with Crippen LogP contribution in [0.5, 0.6) is 0 Å². The lowest BCUT2D eigenvalue weighted by Crippen LogP contribution is -2.41. The minimum absolute atomic E-state index is 0.0255. The van der Waals surface area contributed by atoms with Gasteiger partial charge in [0.1, 0.15) is 0 Å². The Balaban J connectivity index is 1.79. The van der Waals surface area contributed by atoms with Crippen LogP contribution in [0.2, 0.25) is 0 Å². The molecule has 7 heteroatoms. The van der Waals surface area contributed by atoms with E-state index in [0.29, 0.717) is 22.7 Å². The molecule has 1 saturated carbocycles. The summed E-state index contributed by atoms with van der Waals surface area (Å²) in [7, 11) is -3.55. The predicted octanol–water partition coefficient (Wildman–Crippen LogP) is 1.88. The Hall–Kier alpha value is -0.630. The van der Waals surface area contributed by atoms with Crippen molar-refractivity contribution in [1.29, 1.82) is 0 Å². The summed E-state index contributed by atoms with van der Waals surface area (Å²) in [6.45, 7) is 0.622. The van der Waals surface area contributed by atoms with Crippen molar-refractivity contribution in [2.75, 3.05) is 12.3 Å². The van der Waals surface area contributed by atoms with Crippen molar-refractivity contribution in [1.82, 2.24) is 4.72 Å². The number of hydrogen-bond acceptors (Lipinski definition) is 4. The fourth-order valence-corrected chi connectivity index (χ4v) is 4.15. The highest BCUT2D eigenvalue weighted by Crippen LogP contribution is 2.39. The van der Waals surface area contributed by atoms with Gasteiger partial charge in [-0.3, -0.25) is 0 Å². The smallest absolute Gasteiger partial charge is 0.240 e. The van der Waals surface area contributed by atoms with Crippen molar-refractivity contribution >= 4 is 31.6 Å². The number of sulfonamides is 1. The van der Waals surface area contributed by atoms with Crippen LogP contribution in [0, 0.1) is 5.92 Å². The van der Waals surface area contributed by atoms with Crippen molar-refractivity contribution in [2.45, 2.75) is 36.3 Å². The average molecular weight is 361 g/mol. The van der Waals surface area contributed by atoms with Gasteiger partial charge in [0.05, 0.1) is 17.0 Å². The molecule has 3 rings (SSSR count). The second-order valence-electron chi connectivity index (χ2n) is 5.37. The van der Waals surface area contributed by atoms with E-state index in [4.69, 9.17) is 10.5 Å². The zero-order valence-corrected chi connectivity index (χ0v) is 13.3. The third-order valence-corrected chi connectivity index (χ3v) is 6.02. The van der Waals surface area contributed by atoms with E-state index in [2.05, 4.69) is 20.7 Å². The molecule has 1 aromatic rings. The molecule has 0 spiro atoms. The Morgan fingerprint density at radius 2 is 2.05 bits per heavy atom. The lowest BCUT2D eigenvalue weighted by atomic mass is 10.1. The van der Waals surface area contributed by atoms with Crippen LogP contribution in [-0.2, 0) is 14.8 Å². The Labute approximate surface area is 127 Å². The summed E-state index contributed by atoms with van der Waals surface area (Å²) in [6.07, 6.45) is 3.02. The normalized spacial score (nSPS) is 26.9. The Bertz CT molecular complexity index is 616. The summed E-state index contributed by atoms with van der Waals surface area (Å²) in [6, 6.07) is 4.53. The first-order chi connectivity index (χ1) is 9.47. The van der Waals surface area contributed by atoms with Gasteiger partial charge in [-0.15, -0.1) is 0 Å². The van der Waals surface area contributed by atoms with Crippen molar-refractivity contribution in [3.8, 4) is 0 Å². The largest absolute Gasteiger partial charge is 0.398 e. The molecule has 0 aromatic heterocycles. The Kier molecular flexibility index (Phi) is 3.79. The number of hydrogen-bond donors (Lipinski definition) is 2. The second kappa shape index (κ2) is 5.29. The zero-order chi connectivity index (χ0) is 14.3. The number of nitrogens with one attached hydrogen (secondary N) is 1. The molecule has 110 valence electrons. The van der Waals surface area contributed by atoms with Gasteiger partial charge >= 0.3 is 0 Å². The first-order valence-corrected chi connectivity index (χ1v) is 8.94. The van der Waals surface area contributed by atoms with Gasteiger partial charge in [0.15, 0.2) is 0 Å². The van der Waals surface area contributed by atoms with Crippen molar-refractivity contribution in [3.05, 3.63) is 22.7 Å². The number of benzene rings is 1. The number of nitrogens with two attached hydrogens (primary N) is 1. The van der Waals surface area contributed by atoms with Gasteiger partial charge in [-0.05, 0) is 59.3 Å². The summed E-state index contributed by atoms with van der Waals surface area (Å²) >= 11 is 3.26. The van der Waals surface area contributed by atoms with E-state index in [1.165, 1.54) is 6.07 Å². The number of rotatable bonds is 4. The highest BCUT2D eigenvalue weighted by molar-refractivity contribution is 9.10. The predicted molar refractivity (Wildman–Crippen MR) is 79.7 cm³/mol. The van der Waals surface area contributed by atoms with Crippen LogP contribution >= 0.6 is 15.9 Å². The third-order valence-electron chi connectivity index (χ3n) is 3.81. The lowest BCUT2D eigenvalue weighted by Gasteiger charge is -2.19. The van der Waals surface area contributed by atoms with Crippen molar-refractivity contribution in [2.24, 2.45) is 5.92 Å². The topological polar surface area (TPSA) is 81.4 Å². The van der Waals surface area contributed by atoms with Crippen LogP contribution in [0.3, 0.4) is 0 Å². The highest BCUT2D eigenvalue weighted by atomic mass is 79.9. The summed E-state index contributed by atoms with van der Waals surface area (Å²) in [5.41, 5.74) is 6.16. The quantitative estimate of drug-likeness (QED) is 0.803. The van der Waals surface area contributed by atoms with Gasteiger partial charge in [-0.1, -0.05) is 0 Å². The molecule has 3 N–H and O–H groups in total. The molecule has 2 fully saturated rings. The number of anilines is 1. The van der Waals surface area contributed by atoms with E-state index < -0.39 is 10.0 Å². The molecule has 1 saturated heterocycles. The number of nitrogen functional groups attached to an aromatic ring is 1. The number of halogens is 1. The van der Waals surface area contributed by atoms with Crippen LogP contribution in [0.25, 0.3) is 0 Å². The molecule has 0 radical (unpaired) electrons. The fraction of sp³-hybridized carbons (Fsp3) is 0.538. The van der Waals surface area contributed by atoms with Gasteiger partial charge < -0.3 is 10.5 Å². The van der Waals surface area contributed by atoms with Crippen LogP contribution in [0.4, 0.5) is 5.69 Å².